The first-order chi connectivity index (χ1) is 10.3. The van der Waals surface area contributed by atoms with Crippen molar-refractivity contribution >= 4 is 0 Å². The summed E-state index contributed by atoms with van der Waals surface area (Å²) >= 11 is 0. The highest BCUT2D eigenvalue weighted by Crippen LogP contribution is 2.62. The number of aliphatic hydroxyl groups excluding tert-OH is 1. The Morgan fingerprint density at radius 2 is 2.10 bits per heavy atom. The maximum absolute atomic E-state index is 10.3. The Morgan fingerprint density at radius 3 is 2.81 bits per heavy atom. The van der Waals surface area contributed by atoms with Crippen LogP contribution in [0, 0.1) is 11.3 Å². The topological polar surface area (TPSA) is 41.5 Å². The van der Waals surface area contributed by atoms with Gasteiger partial charge in [0, 0.05) is 30.5 Å². The SMILES string of the molecule is OC(CNC1C2CCOC2C12CCC2)Cc1ccccc1. The number of benzene rings is 1. The summed E-state index contributed by atoms with van der Waals surface area (Å²) in [6.45, 7) is 1.63. The number of hydrogen-bond acceptors (Lipinski definition) is 3. The second-order valence-corrected chi connectivity index (χ2v) is 7.06. The molecule has 1 heterocycles. The molecular weight excluding hydrogens is 262 g/mol. The van der Waals surface area contributed by atoms with E-state index in [9.17, 15) is 5.11 Å². The quantitative estimate of drug-likeness (QED) is 0.872. The molecule has 2 aliphatic carbocycles. The number of rotatable bonds is 5. The Bertz CT molecular complexity index is 485. The van der Waals surface area contributed by atoms with E-state index < -0.39 is 0 Å². The van der Waals surface area contributed by atoms with Crippen molar-refractivity contribution in [1.82, 2.24) is 5.32 Å². The third-order valence-electron chi connectivity index (χ3n) is 5.92. The number of nitrogens with one attached hydrogen (secondary N) is 1. The molecule has 0 radical (unpaired) electrons. The van der Waals surface area contributed by atoms with Gasteiger partial charge in [0.05, 0.1) is 12.2 Å². The molecule has 1 aliphatic heterocycles. The Hall–Kier alpha value is -0.900. The summed E-state index contributed by atoms with van der Waals surface area (Å²) < 4.78 is 5.94. The Morgan fingerprint density at radius 1 is 1.29 bits per heavy atom. The van der Waals surface area contributed by atoms with Gasteiger partial charge in [0.2, 0.25) is 0 Å². The summed E-state index contributed by atoms with van der Waals surface area (Å²) in [6.07, 6.45) is 6.09. The number of fused-ring (bicyclic) bond motifs is 2. The minimum atomic E-state index is -0.300. The minimum absolute atomic E-state index is 0.300. The van der Waals surface area contributed by atoms with Crippen LogP contribution in [0.25, 0.3) is 0 Å². The lowest BCUT2D eigenvalue weighted by Crippen LogP contribution is -2.71. The molecule has 4 unspecified atom stereocenters. The van der Waals surface area contributed by atoms with Crippen LogP contribution < -0.4 is 5.32 Å². The largest absolute Gasteiger partial charge is 0.391 e. The van der Waals surface area contributed by atoms with Crippen molar-refractivity contribution in [3.05, 3.63) is 35.9 Å². The van der Waals surface area contributed by atoms with Crippen molar-refractivity contribution in [2.45, 2.75) is 50.4 Å². The fourth-order valence-corrected chi connectivity index (χ4v) is 4.78. The van der Waals surface area contributed by atoms with Gasteiger partial charge in [-0.25, -0.2) is 0 Å². The predicted molar refractivity (Wildman–Crippen MR) is 82.1 cm³/mol. The van der Waals surface area contributed by atoms with E-state index in [2.05, 4.69) is 17.4 Å². The van der Waals surface area contributed by atoms with Crippen LogP contribution in [-0.2, 0) is 11.2 Å². The molecule has 0 amide bonds. The molecule has 3 aliphatic rings. The van der Waals surface area contributed by atoms with E-state index in [-0.39, 0.29) is 6.10 Å². The van der Waals surface area contributed by atoms with Gasteiger partial charge < -0.3 is 15.2 Å². The molecule has 3 heteroatoms. The van der Waals surface area contributed by atoms with Crippen molar-refractivity contribution < 1.29 is 9.84 Å². The van der Waals surface area contributed by atoms with E-state index in [4.69, 9.17) is 4.74 Å². The summed E-state index contributed by atoms with van der Waals surface area (Å²) in [5.74, 6) is 0.689. The molecule has 3 nitrogen and oxygen atoms in total. The lowest BCUT2D eigenvalue weighted by Gasteiger charge is -2.63. The number of aliphatic hydroxyl groups is 1. The molecule has 1 aromatic carbocycles. The maximum Gasteiger partial charge on any atom is 0.0704 e. The van der Waals surface area contributed by atoms with Gasteiger partial charge in [-0.3, -0.25) is 0 Å². The molecule has 0 bridgehead atoms. The fourth-order valence-electron chi connectivity index (χ4n) is 4.78. The van der Waals surface area contributed by atoms with E-state index >= 15 is 0 Å². The van der Waals surface area contributed by atoms with E-state index in [0.717, 1.165) is 13.0 Å². The summed E-state index contributed by atoms with van der Waals surface area (Å²) in [7, 11) is 0. The third kappa shape index (κ3) is 2.23. The van der Waals surface area contributed by atoms with E-state index in [1.54, 1.807) is 0 Å². The molecule has 2 N–H and O–H groups in total. The van der Waals surface area contributed by atoms with Crippen LogP contribution >= 0.6 is 0 Å². The van der Waals surface area contributed by atoms with Crippen molar-refractivity contribution in [3.63, 3.8) is 0 Å². The van der Waals surface area contributed by atoms with Crippen LogP contribution in [0.4, 0.5) is 0 Å². The maximum atomic E-state index is 10.3. The van der Waals surface area contributed by atoms with Gasteiger partial charge in [-0.15, -0.1) is 0 Å². The van der Waals surface area contributed by atoms with Crippen LogP contribution in [0.3, 0.4) is 0 Å². The monoisotopic (exact) mass is 287 g/mol. The average Bonchev–Trinajstić information content (AvgIpc) is 2.83. The van der Waals surface area contributed by atoms with Gasteiger partial charge in [0.25, 0.3) is 0 Å². The van der Waals surface area contributed by atoms with Crippen LogP contribution in [0.5, 0.6) is 0 Å². The van der Waals surface area contributed by atoms with Gasteiger partial charge in [-0.1, -0.05) is 36.8 Å². The van der Waals surface area contributed by atoms with Crippen LogP contribution in [-0.4, -0.2) is 36.5 Å². The van der Waals surface area contributed by atoms with Crippen LogP contribution in [0.1, 0.15) is 31.2 Å². The fraction of sp³-hybridized carbons (Fsp3) is 0.667. The summed E-state index contributed by atoms with van der Waals surface area (Å²) in [5, 5.41) is 14.0. The highest BCUT2D eigenvalue weighted by molar-refractivity contribution is 5.19. The van der Waals surface area contributed by atoms with Gasteiger partial charge in [-0.2, -0.15) is 0 Å². The third-order valence-corrected chi connectivity index (χ3v) is 5.92. The molecule has 4 atom stereocenters. The summed E-state index contributed by atoms with van der Waals surface area (Å²) in [4.78, 5) is 0. The van der Waals surface area contributed by atoms with Gasteiger partial charge >= 0.3 is 0 Å². The highest BCUT2D eigenvalue weighted by Gasteiger charge is 2.66. The van der Waals surface area contributed by atoms with Crippen LogP contribution in [0.15, 0.2) is 30.3 Å². The van der Waals surface area contributed by atoms with Gasteiger partial charge in [-0.05, 0) is 31.2 Å². The normalized spacial score (nSPS) is 34.0. The zero-order chi connectivity index (χ0) is 14.3. The molecule has 3 fully saturated rings. The molecule has 2 saturated carbocycles. The predicted octanol–water partition coefficient (Wildman–Crippen LogP) is 2.14. The minimum Gasteiger partial charge on any atom is -0.391 e. The highest BCUT2D eigenvalue weighted by atomic mass is 16.5. The van der Waals surface area contributed by atoms with Crippen molar-refractivity contribution in [2.24, 2.45) is 11.3 Å². The molecular formula is C18H25NO2. The number of hydrogen-bond donors (Lipinski definition) is 2. The number of ether oxygens (including phenoxy) is 1. The van der Waals surface area contributed by atoms with Crippen molar-refractivity contribution in [2.75, 3.05) is 13.2 Å². The van der Waals surface area contributed by atoms with E-state index in [0.29, 0.717) is 30.0 Å². The first-order valence-electron chi connectivity index (χ1n) is 8.36. The standard InChI is InChI=1S/C18H25NO2/c20-14(11-13-5-2-1-3-6-13)12-19-16-15-7-10-21-17(15)18(16)8-4-9-18/h1-3,5-6,14-17,19-20H,4,7-12H2. The second-order valence-electron chi connectivity index (χ2n) is 7.06. The smallest absolute Gasteiger partial charge is 0.0704 e. The van der Waals surface area contributed by atoms with E-state index in [1.807, 2.05) is 18.2 Å². The lowest BCUT2D eigenvalue weighted by atomic mass is 9.46. The Balaban J connectivity index is 1.32. The van der Waals surface area contributed by atoms with Gasteiger partial charge in [0.15, 0.2) is 0 Å². The lowest BCUT2D eigenvalue weighted by molar-refractivity contribution is -0.177. The molecule has 1 aromatic rings. The zero-order valence-electron chi connectivity index (χ0n) is 12.5. The van der Waals surface area contributed by atoms with Crippen molar-refractivity contribution in [1.29, 1.82) is 0 Å². The van der Waals surface area contributed by atoms with Crippen LogP contribution in [0.2, 0.25) is 0 Å². The average molecular weight is 287 g/mol. The Kier molecular flexibility index (Phi) is 3.52. The summed E-state index contributed by atoms with van der Waals surface area (Å²) in [5.41, 5.74) is 1.62. The first kappa shape index (κ1) is 13.7. The summed E-state index contributed by atoms with van der Waals surface area (Å²) in [6, 6.07) is 10.8. The van der Waals surface area contributed by atoms with Crippen molar-refractivity contribution in [3.8, 4) is 0 Å². The molecule has 1 spiro atoms. The first-order valence-corrected chi connectivity index (χ1v) is 8.36. The molecule has 1 saturated heterocycles. The second kappa shape index (κ2) is 5.38. The molecule has 21 heavy (non-hydrogen) atoms. The molecule has 4 rings (SSSR count). The Labute approximate surface area is 126 Å². The molecule has 0 aromatic heterocycles. The molecule has 114 valence electrons. The zero-order valence-corrected chi connectivity index (χ0v) is 12.5. The van der Waals surface area contributed by atoms with E-state index in [1.165, 1.54) is 31.2 Å². The van der Waals surface area contributed by atoms with Gasteiger partial charge in [0.1, 0.15) is 0 Å².